The fourth-order valence-corrected chi connectivity index (χ4v) is 5.84. The zero-order valence-corrected chi connectivity index (χ0v) is 20.6. The largest absolute Gasteiger partial charge is 0.448 e. The lowest BCUT2D eigenvalue weighted by Crippen LogP contribution is -2.14. The van der Waals surface area contributed by atoms with E-state index >= 15 is 0 Å². The van der Waals surface area contributed by atoms with E-state index in [9.17, 15) is 4.79 Å². The molecule has 0 saturated heterocycles. The summed E-state index contributed by atoms with van der Waals surface area (Å²) in [6.45, 7) is 3.96. The van der Waals surface area contributed by atoms with Crippen molar-refractivity contribution < 1.29 is 9.21 Å². The zero-order chi connectivity index (χ0) is 23.5. The maximum atomic E-state index is 13.3. The van der Waals surface area contributed by atoms with E-state index in [0.29, 0.717) is 21.6 Å². The molecule has 0 spiro atoms. The molecule has 172 valence electrons. The maximum Gasteiger partial charge on any atom is 0.259 e. The van der Waals surface area contributed by atoms with Crippen LogP contribution >= 0.6 is 23.1 Å². The summed E-state index contributed by atoms with van der Waals surface area (Å²) >= 11 is 2.97. The molecule has 0 atom stereocenters. The summed E-state index contributed by atoms with van der Waals surface area (Å²) in [6.07, 6.45) is 7.57. The number of anilines is 1. The highest BCUT2D eigenvalue weighted by atomic mass is 32.2. The monoisotopic (exact) mass is 488 g/mol. The number of aliphatic imine (C=N–C) groups is 1. The van der Waals surface area contributed by atoms with Crippen molar-refractivity contribution in [3.05, 3.63) is 81.7 Å². The molecule has 0 fully saturated rings. The molecular formula is C26H24N4O2S2. The van der Waals surface area contributed by atoms with Gasteiger partial charge in [0.1, 0.15) is 10.8 Å². The van der Waals surface area contributed by atoms with Crippen LogP contribution in [0.3, 0.4) is 0 Å². The molecule has 0 unspecified atom stereocenters. The molecule has 1 N–H and O–H groups in total. The third-order valence-electron chi connectivity index (χ3n) is 5.56. The van der Waals surface area contributed by atoms with Gasteiger partial charge in [-0.25, -0.2) is 15.0 Å². The quantitative estimate of drug-likeness (QED) is 0.239. The Bertz CT molecular complexity index is 1360. The summed E-state index contributed by atoms with van der Waals surface area (Å²) in [5, 5.41) is 5.10. The number of rotatable bonds is 6. The summed E-state index contributed by atoms with van der Waals surface area (Å²) < 4.78 is 5.90. The number of furan rings is 1. The predicted molar refractivity (Wildman–Crippen MR) is 137 cm³/mol. The molecule has 1 aromatic carbocycles. The highest BCUT2D eigenvalue weighted by molar-refractivity contribution is 7.99. The fourth-order valence-electron chi connectivity index (χ4n) is 3.85. The van der Waals surface area contributed by atoms with Crippen LogP contribution < -0.4 is 5.32 Å². The summed E-state index contributed by atoms with van der Waals surface area (Å²) in [4.78, 5) is 27.9. The molecule has 1 amide bonds. The van der Waals surface area contributed by atoms with Gasteiger partial charge in [-0.2, -0.15) is 0 Å². The van der Waals surface area contributed by atoms with Crippen LogP contribution in [0.4, 0.5) is 10.7 Å². The first-order valence-electron chi connectivity index (χ1n) is 11.2. The van der Waals surface area contributed by atoms with Crippen LogP contribution in [0, 0.1) is 13.8 Å². The van der Waals surface area contributed by atoms with Gasteiger partial charge in [-0.1, -0.05) is 17.7 Å². The number of hydrogen-bond acceptors (Lipinski definition) is 7. The fraction of sp³-hybridized carbons (Fsp3) is 0.231. The Labute approximate surface area is 206 Å². The van der Waals surface area contributed by atoms with Crippen LogP contribution in [0.2, 0.25) is 0 Å². The van der Waals surface area contributed by atoms with E-state index in [0.717, 1.165) is 53.2 Å². The van der Waals surface area contributed by atoms with Gasteiger partial charge in [0, 0.05) is 22.5 Å². The highest BCUT2D eigenvalue weighted by Crippen LogP contribution is 2.40. The van der Waals surface area contributed by atoms with Gasteiger partial charge in [0.15, 0.2) is 10.2 Å². The van der Waals surface area contributed by atoms with Crippen LogP contribution in [0.5, 0.6) is 0 Å². The van der Waals surface area contributed by atoms with E-state index in [1.54, 1.807) is 23.7 Å². The predicted octanol–water partition coefficient (Wildman–Crippen LogP) is 6.78. The first-order chi connectivity index (χ1) is 16.5. The van der Waals surface area contributed by atoms with Crippen molar-refractivity contribution in [3.63, 3.8) is 0 Å². The molecule has 0 bridgehead atoms. The molecule has 0 radical (unpaired) electrons. The van der Waals surface area contributed by atoms with Crippen LogP contribution in [0.15, 0.2) is 68.3 Å². The minimum atomic E-state index is -0.109. The second kappa shape index (κ2) is 9.95. The number of carbonyl (C=O) groups is 1. The Morgan fingerprint density at radius 3 is 2.76 bits per heavy atom. The third-order valence-corrected chi connectivity index (χ3v) is 7.56. The van der Waals surface area contributed by atoms with Gasteiger partial charge in [0.25, 0.3) is 5.91 Å². The van der Waals surface area contributed by atoms with Gasteiger partial charge in [0.05, 0.1) is 11.8 Å². The molecule has 0 saturated carbocycles. The van der Waals surface area contributed by atoms with Crippen molar-refractivity contribution in [3.8, 4) is 0 Å². The molecule has 1 aliphatic carbocycles. The molecule has 3 aromatic heterocycles. The van der Waals surface area contributed by atoms with Gasteiger partial charge in [-0.3, -0.25) is 4.79 Å². The smallest absolute Gasteiger partial charge is 0.259 e. The van der Waals surface area contributed by atoms with Crippen LogP contribution in [-0.4, -0.2) is 22.1 Å². The number of aryl methyl sites for hydroxylation is 3. The van der Waals surface area contributed by atoms with Crippen LogP contribution in [-0.2, 0) is 12.8 Å². The Hall–Kier alpha value is -3.23. The average Bonchev–Trinajstić information content (AvgIpc) is 3.43. The van der Waals surface area contributed by atoms with Crippen molar-refractivity contribution >= 4 is 45.9 Å². The van der Waals surface area contributed by atoms with Gasteiger partial charge in [-0.15, -0.1) is 11.3 Å². The van der Waals surface area contributed by atoms with E-state index in [4.69, 9.17) is 9.41 Å². The Kier molecular flexibility index (Phi) is 6.60. The van der Waals surface area contributed by atoms with Gasteiger partial charge < -0.3 is 9.73 Å². The van der Waals surface area contributed by atoms with Crippen molar-refractivity contribution in [2.24, 2.45) is 4.99 Å². The van der Waals surface area contributed by atoms with Crippen LogP contribution in [0.25, 0.3) is 0 Å². The molecule has 3 heterocycles. The first-order valence-corrected chi connectivity index (χ1v) is 12.8. The van der Waals surface area contributed by atoms with Crippen molar-refractivity contribution in [1.29, 1.82) is 0 Å². The number of thiophene rings is 1. The highest BCUT2D eigenvalue weighted by Gasteiger charge is 2.25. The lowest BCUT2D eigenvalue weighted by atomic mass is 9.95. The molecule has 0 aliphatic heterocycles. The number of nitrogens with zero attached hydrogens (tertiary/aromatic N) is 3. The SMILES string of the molecule is Cc1ccc(NC(=O)c2c(N=Cc3ccc(Sc4nccc(C)n4)o3)sc3c2CCCC3)cc1. The van der Waals surface area contributed by atoms with Crippen molar-refractivity contribution in [2.45, 2.75) is 49.8 Å². The number of hydrogen-bond donors (Lipinski definition) is 1. The Morgan fingerprint density at radius 2 is 1.94 bits per heavy atom. The second-order valence-corrected chi connectivity index (χ2v) is 10.3. The lowest BCUT2D eigenvalue weighted by Gasteiger charge is -2.13. The standard InChI is InChI=1S/C26H24N4O2S2/c1-16-7-9-18(10-8-16)30-24(31)23-20-5-3-4-6-21(20)33-25(23)28-15-19-11-12-22(32-19)34-26-27-14-13-17(2)29-26/h7-15H,3-6H2,1-2H3,(H,30,31). The summed E-state index contributed by atoms with van der Waals surface area (Å²) in [6, 6.07) is 13.4. The van der Waals surface area contributed by atoms with Crippen molar-refractivity contribution in [1.82, 2.24) is 9.97 Å². The molecule has 5 rings (SSSR count). The Balaban J connectivity index is 1.38. The molecule has 4 aromatic rings. The summed E-state index contributed by atoms with van der Waals surface area (Å²) in [5.74, 6) is 0.508. The molecule has 6 nitrogen and oxygen atoms in total. The van der Waals surface area contributed by atoms with Crippen molar-refractivity contribution in [2.75, 3.05) is 5.32 Å². The lowest BCUT2D eigenvalue weighted by molar-refractivity contribution is 0.102. The number of fused-ring (bicyclic) bond motifs is 1. The minimum Gasteiger partial charge on any atom is -0.448 e. The molecule has 8 heteroatoms. The van der Waals surface area contributed by atoms with E-state index in [1.807, 2.05) is 56.3 Å². The summed E-state index contributed by atoms with van der Waals surface area (Å²) in [7, 11) is 0. The second-order valence-electron chi connectivity index (χ2n) is 8.21. The number of nitrogens with one attached hydrogen (secondary N) is 1. The van der Waals surface area contributed by atoms with E-state index in [1.165, 1.54) is 16.6 Å². The summed E-state index contributed by atoms with van der Waals surface area (Å²) in [5.41, 5.74) is 4.67. The molecule has 1 aliphatic rings. The minimum absolute atomic E-state index is 0.109. The number of amides is 1. The van der Waals surface area contributed by atoms with Gasteiger partial charge in [-0.05, 0) is 87.2 Å². The third kappa shape index (κ3) is 5.13. The average molecular weight is 489 g/mol. The normalized spacial score (nSPS) is 13.2. The number of benzene rings is 1. The first kappa shape index (κ1) is 22.6. The van der Waals surface area contributed by atoms with E-state index < -0.39 is 0 Å². The van der Waals surface area contributed by atoms with Gasteiger partial charge >= 0.3 is 0 Å². The van der Waals surface area contributed by atoms with Gasteiger partial charge in [0.2, 0.25) is 0 Å². The number of carbonyl (C=O) groups excluding carboxylic acids is 1. The zero-order valence-electron chi connectivity index (χ0n) is 19.0. The van der Waals surface area contributed by atoms with E-state index in [-0.39, 0.29) is 5.91 Å². The van der Waals surface area contributed by atoms with E-state index in [2.05, 4.69) is 15.3 Å². The van der Waals surface area contributed by atoms with Crippen LogP contribution in [0.1, 0.15) is 50.7 Å². The topological polar surface area (TPSA) is 80.4 Å². The Morgan fingerprint density at radius 1 is 1.12 bits per heavy atom. The maximum absolute atomic E-state index is 13.3. The molecular weight excluding hydrogens is 464 g/mol. The molecule has 34 heavy (non-hydrogen) atoms. The number of aromatic nitrogens is 2.